The van der Waals surface area contributed by atoms with Crippen molar-refractivity contribution in [2.75, 3.05) is 16.8 Å². The number of amides is 1. The number of nitrogens with two attached hydrogens (primary N) is 1. The molecular weight excluding hydrogens is 346 g/mol. The number of hydrogen-bond acceptors (Lipinski definition) is 5. The van der Waals surface area contributed by atoms with Gasteiger partial charge in [-0.05, 0) is 30.0 Å². The van der Waals surface area contributed by atoms with Gasteiger partial charge in [0.05, 0.1) is 5.75 Å². The van der Waals surface area contributed by atoms with Crippen molar-refractivity contribution < 1.29 is 9.78 Å². The van der Waals surface area contributed by atoms with Gasteiger partial charge in [-0.15, -0.1) is 0 Å². The van der Waals surface area contributed by atoms with Gasteiger partial charge in [-0.25, -0.2) is 4.98 Å². The van der Waals surface area contributed by atoms with Gasteiger partial charge in [0.1, 0.15) is 23.3 Å². The molecule has 7 heteroatoms. The van der Waals surface area contributed by atoms with E-state index in [1.165, 1.54) is 17.8 Å². The van der Waals surface area contributed by atoms with Crippen LogP contribution in [0.4, 0.5) is 11.5 Å². The molecule has 0 bridgehead atoms. The minimum atomic E-state index is -0.175. The number of nitrogens with one attached hydrogen (secondary N) is 2. The fraction of sp³-hybridized carbons (Fsp3) is 0.263. The Morgan fingerprint density at radius 1 is 1.31 bits per heavy atom. The van der Waals surface area contributed by atoms with Crippen LogP contribution in [0.3, 0.4) is 0 Å². The normalized spacial score (nSPS) is 11.2. The zero-order chi connectivity index (χ0) is 19.1. The maximum atomic E-state index is 12.3. The quantitative estimate of drug-likeness (QED) is 0.762. The molecule has 132 valence electrons. The lowest BCUT2D eigenvalue weighted by molar-refractivity contribution is -0.410. The highest BCUT2D eigenvalue weighted by Gasteiger charge is 2.17. The molecule has 2 aromatic rings. The molecule has 0 fully saturated rings. The van der Waals surface area contributed by atoms with Crippen molar-refractivity contribution in [2.45, 2.75) is 31.2 Å². The first-order valence-corrected chi connectivity index (χ1v) is 9.16. The maximum Gasteiger partial charge on any atom is 0.289 e. The molecule has 26 heavy (non-hydrogen) atoms. The van der Waals surface area contributed by atoms with Crippen molar-refractivity contribution in [1.82, 2.24) is 0 Å². The number of nitrogens with zero attached hydrogens (tertiary/aromatic N) is 2. The molecule has 6 nitrogen and oxygen atoms in total. The predicted molar refractivity (Wildman–Crippen MR) is 101 cm³/mol. The number of aromatic nitrogens is 1. The number of pyridine rings is 1. The number of para-hydroxylation sites is 1. The van der Waals surface area contributed by atoms with Crippen molar-refractivity contribution >= 4 is 29.2 Å². The third kappa shape index (κ3) is 4.53. The van der Waals surface area contributed by atoms with Crippen LogP contribution in [0.5, 0.6) is 0 Å². The molecule has 1 atom stereocenters. The van der Waals surface area contributed by atoms with E-state index in [0.29, 0.717) is 10.9 Å². The summed E-state index contributed by atoms with van der Waals surface area (Å²) < 4.78 is 0. The number of nitrogen functional groups attached to an aromatic ring is 1. The Bertz CT molecular complexity index is 898. The lowest BCUT2D eigenvalue weighted by Gasteiger charge is -2.15. The van der Waals surface area contributed by atoms with E-state index in [9.17, 15) is 10.1 Å². The molecule has 1 aromatic heterocycles. The minimum absolute atomic E-state index is 0.116. The Labute approximate surface area is 157 Å². The molecule has 1 heterocycles. The third-order valence-electron chi connectivity index (χ3n) is 4.04. The van der Waals surface area contributed by atoms with Gasteiger partial charge in [0, 0.05) is 5.69 Å². The van der Waals surface area contributed by atoms with Gasteiger partial charge in [0.15, 0.2) is 5.03 Å². The molecule has 1 amide bonds. The topological polar surface area (TPSA) is 117 Å². The second-order valence-corrected chi connectivity index (χ2v) is 6.78. The number of H-pyrrole nitrogens is 1. The van der Waals surface area contributed by atoms with Crippen LogP contribution >= 0.6 is 11.8 Å². The minimum Gasteiger partial charge on any atom is -0.325 e. The van der Waals surface area contributed by atoms with Crippen LogP contribution < -0.4 is 16.0 Å². The van der Waals surface area contributed by atoms with Crippen LogP contribution in [0.15, 0.2) is 35.4 Å². The molecule has 0 unspecified atom stereocenters. The van der Waals surface area contributed by atoms with Crippen molar-refractivity contribution in [1.29, 1.82) is 10.5 Å². The summed E-state index contributed by atoms with van der Waals surface area (Å²) in [6.45, 7) is 4.22. The number of nitriles is 2. The van der Waals surface area contributed by atoms with Crippen LogP contribution in [0, 0.1) is 22.7 Å². The summed E-state index contributed by atoms with van der Waals surface area (Å²) in [6, 6.07) is 13.1. The molecule has 2 rings (SSSR count). The summed E-state index contributed by atoms with van der Waals surface area (Å²) >= 11 is 1.17. The highest BCUT2D eigenvalue weighted by atomic mass is 32.2. The number of anilines is 2. The average molecular weight is 366 g/mol. The molecule has 0 saturated heterocycles. The Hall–Kier alpha value is -3.03. The zero-order valence-electron chi connectivity index (χ0n) is 14.7. The van der Waals surface area contributed by atoms with Crippen molar-refractivity contribution in [3.8, 4) is 12.1 Å². The molecular formula is C19H20N5OS+. The van der Waals surface area contributed by atoms with Crippen LogP contribution in [-0.2, 0) is 4.79 Å². The third-order valence-corrected chi connectivity index (χ3v) is 5.06. The molecule has 0 aliphatic rings. The van der Waals surface area contributed by atoms with Gasteiger partial charge in [0.2, 0.25) is 5.91 Å². The highest BCUT2D eigenvalue weighted by molar-refractivity contribution is 7.99. The van der Waals surface area contributed by atoms with Gasteiger partial charge in [-0.3, -0.25) is 10.5 Å². The van der Waals surface area contributed by atoms with Gasteiger partial charge in [0.25, 0.3) is 5.82 Å². The lowest BCUT2D eigenvalue weighted by Crippen LogP contribution is -2.20. The number of hydrogen-bond donors (Lipinski definition) is 2. The fourth-order valence-corrected chi connectivity index (χ4v) is 3.21. The number of rotatable bonds is 6. The fourth-order valence-electron chi connectivity index (χ4n) is 2.42. The van der Waals surface area contributed by atoms with E-state index in [2.05, 4.69) is 24.1 Å². The second kappa shape index (κ2) is 8.89. The summed E-state index contributed by atoms with van der Waals surface area (Å²) in [7, 11) is 0. The number of thioether (sulfide) groups is 1. The summed E-state index contributed by atoms with van der Waals surface area (Å²) in [6.07, 6.45) is 0.979. The van der Waals surface area contributed by atoms with E-state index in [-0.39, 0.29) is 28.6 Å². The van der Waals surface area contributed by atoms with Crippen LogP contribution in [0.1, 0.15) is 42.9 Å². The van der Waals surface area contributed by atoms with E-state index in [1.54, 1.807) is 0 Å². The predicted octanol–water partition coefficient (Wildman–Crippen LogP) is 3.07. The number of carbonyl (C=O) groups excluding carboxylic acids is 1. The van der Waals surface area contributed by atoms with E-state index >= 15 is 0 Å². The van der Waals surface area contributed by atoms with Crippen molar-refractivity contribution in [3.63, 3.8) is 0 Å². The van der Waals surface area contributed by atoms with Crippen molar-refractivity contribution in [2.24, 2.45) is 0 Å². The van der Waals surface area contributed by atoms with Gasteiger partial charge in [-0.2, -0.15) is 10.5 Å². The van der Waals surface area contributed by atoms with Crippen LogP contribution in [0.2, 0.25) is 0 Å². The molecule has 0 radical (unpaired) electrons. The Morgan fingerprint density at radius 2 is 2.00 bits per heavy atom. The van der Waals surface area contributed by atoms with E-state index < -0.39 is 0 Å². The first kappa shape index (κ1) is 19.3. The number of benzene rings is 1. The summed E-state index contributed by atoms with van der Waals surface area (Å²) in [5.41, 5.74) is 8.14. The maximum absolute atomic E-state index is 12.3. The molecule has 1 aromatic carbocycles. The first-order valence-electron chi connectivity index (χ1n) is 8.17. The van der Waals surface area contributed by atoms with Crippen LogP contribution in [-0.4, -0.2) is 11.7 Å². The summed E-state index contributed by atoms with van der Waals surface area (Å²) in [5, 5.41) is 21.6. The molecule has 0 saturated carbocycles. The summed E-state index contributed by atoms with van der Waals surface area (Å²) in [5.74, 6) is 0.462. The largest absolute Gasteiger partial charge is 0.325 e. The molecule has 0 aliphatic carbocycles. The second-order valence-electron chi connectivity index (χ2n) is 5.80. The monoisotopic (exact) mass is 366 g/mol. The standard InChI is InChI=1S/C19H19N5OS/c1-3-12(2)15-6-4-5-7-16(15)23-17(25)11-26-19-14(10-21)8-13(9-20)18(22)24-19/h4-8,12H,3,11H2,1-2H3,(H2,22,24)(H,23,25)/p+1/t12-/m1/s1. The number of carbonyl (C=O) groups is 1. The SMILES string of the molecule is CC[C@@H](C)c1ccccc1NC(=O)CSc1[nH+]c(N)c(C#N)cc1C#N. The molecule has 0 spiro atoms. The Morgan fingerprint density at radius 3 is 2.65 bits per heavy atom. The van der Waals surface area contributed by atoms with Gasteiger partial charge < -0.3 is 5.32 Å². The summed E-state index contributed by atoms with van der Waals surface area (Å²) in [4.78, 5) is 15.2. The molecule has 4 N–H and O–H groups in total. The zero-order valence-corrected chi connectivity index (χ0v) is 15.5. The van der Waals surface area contributed by atoms with E-state index in [1.807, 2.05) is 36.4 Å². The average Bonchev–Trinajstić information content (AvgIpc) is 2.66. The molecule has 0 aliphatic heterocycles. The Kier molecular flexibility index (Phi) is 6.60. The van der Waals surface area contributed by atoms with Crippen LogP contribution in [0.25, 0.3) is 0 Å². The first-order chi connectivity index (χ1) is 12.5. The van der Waals surface area contributed by atoms with Crippen molar-refractivity contribution in [3.05, 3.63) is 47.0 Å². The number of aromatic amines is 1. The highest BCUT2D eigenvalue weighted by Crippen LogP contribution is 2.27. The van der Waals surface area contributed by atoms with E-state index in [4.69, 9.17) is 11.0 Å². The lowest BCUT2D eigenvalue weighted by atomic mass is 9.97. The smallest absolute Gasteiger partial charge is 0.289 e. The Balaban J connectivity index is 2.10. The van der Waals surface area contributed by atoms with Gasteiger partial charge in [-0.1, -0.05) is 43.8 Å². The van der Waals surface area contributed by atoms with E-state index in [0.717, 1.165) is 17.7 Å². The van der Waals surface area contributed by atoms with Gasteiger partial charge >= 0.3 is 0 Å².